The highest BCUT2D eigenvalue weighted by atomic mass is 19.1. The van der Waals surface area contributed by atoms with Gasteiger partial charge in [-0.2, -0.15) is 0 Å². The molecule has 10 nitrogen and oxygen atoms in total. The second kappa shape index (κ2) is 15.6. The zero-order valence-electron chi connectivity index (χ0n) is 23.1. The second-order valence-electron chi connectivity index (χ2n) is 10.2. The minimum Gasteiger partial charge on any atom is -0.465 e. The quantitative estimate of drug-likeness (QED) is 0.195. The van der Waals surface area contributed by atoms with Crippen LogP contribution < -0.4 is 4.90 Å². The van der Waals surface area contributed by atoms with Gasteiger partial charge < -0.3 is 29.1 Å². The van der Waals surface area contributed by atoms with Crippen molar-refractivity contribution in [2.45, 2.75) is 64.8 Å². The molecular formula is C29H39FN4O6. The third-order valence-corrected chi connectivity index (χ3v) is 6.85. The van der Waals surface area contributed by atoms with Crippen LogP contribution in [0.2, 0.25) is 0 Å². The number of unbranched alkanes of at least 4 members (excludes halogenated alkanes) is 2. The molecule has 218 valence electrons. The number of hydrogen-bond donors (Lipinski definition) is 1. The molecule has 1 N–H and O–H groups in total. The average Bonchev–Trinajstić information content (AvgIpc) is 2.96. The fourth-order valence-electron chi connectivity index (χ4n) is 4.41. The molecule has 2 aromatic rings. The second-order valence-corrected chi connectivity index (χ2v) is 10.2. The molecule has 0 amide bonds. The van der Waals surface area contributed by atoms with Crippen LogP contribution in [0.1, 0.15) is 57.4 Å². The predicted octanol–water partition coefficient (Wildman–Crippen LogP) is 4.25. The summed E-state index contributed by atoms with van der Waals surface area (Å²) in [4.78, 5) is 28.3. The van der Waals surface area contributed by atoms with E-state index < -0.39 is 5.82 Å². The van der Waals surface area contributed by atoms with Gasteiger partial charge in [0.2, 0.25) is 5.95 Å². The molecule has 2 unspecified atom stereocenters. The molecule has 2 fully saturated rings. The summed E-state index contributed by atoms with van der Waals surface area (Å²) in [6.45, 7) is 4.25. The number of esters is 1. The van der Waals surface area contributed by atoms with Gasteiger partial charge in [-0.25, -0.2) is 14.4 Å². The van der Waals surface area contributed by atoms with E-state index in [0.717, 1.165) is 44.2 Å². The predicted molar refractivity (Wildman–Crippen MR) is 147 cm³/mol. The molecule has 2 atom stereocenters. The van der Waals surface area contributed by atoms with Crippen molar-refractivity contribution in [3.63, 3.8) is 0 Å². The van der Waals surface area contributed by atoms with Crippen LogP contribution in [0.15, 0.2) is 35.7 Å². The maximum atomic E-state index is 14.5. The van der Waals surface area contributed by atoms with Gasteiger partial charge in [-0.1, -0.05) is 43.1 Å². The fraction of sp³-hybridized carbons (Fsp3) is 0.586. The molecule has 2 saturated heterocycles. The molecule has 11 heteroatoms. The van der Waals surface area contributed by atoms with Gasteiger partial charge in [0.05, 0.1) is 44.5 Å². The number of rotatable bonds is 15. The van der Waals surface area contributed by atoms with Crippen LogP contribution in [0.5, 0.6) is 0 Å². The van der Waals surface area contributed by atoms with Gasteiger partial charge in [0.15, 0.2) is 6.29 Å². The lowest BCUT2D eigenvalue weighted by atomic mass is 10.1. The lowest BCUT2D eigenvalue weighted by Gasteiger charge is -2.32. The van der Waals surface area contributed by atoms with Gasteiger partial charge in [-0.3, -0.25) is 4.79 Å². The van der Waals surface area contributed by atoms with Crippen molar-refractivity contribution in [3.05, 3.63) is 42.0 Å². The Bertz CT molecular complexity index is 1100. The van der Waals surface area contributed by atoms with E-state index in [4.69, 9.17) is 19.0 Å². The van der Waals surface area contributed by atoms with Crippen molar-refractivity contribution in [1.82, 2.24) is 9.97 Å². The minimum atomic E-state index is -0.474. The number of aliphatic hydroxyl groups is 1. The van der Waals surface area contributed by atoms with E-state index >= 15 is 0 Å². The lowest BCUT2D eigenvalue weighted by Crippen LogP contribution is -2.48. The zero-order valence-corrected chi connectivity index (χ0v) is 23.1. The molecule has 0 aliphatic carbocycles. The molecule has 3 heterocycles. The summed E-state index contributed by atoms with van der Waals surface area (Å²) in [5.41, 5.74) is 1.94. The Hall–Kier alpha value is -3.15. The maximum Gasteiger partial charge on any atom is 0.305 e. The first-order valence-corrected chi connectivity index (χ1v) is 14.1. The molecule has 1 aromatic heterocycles. The van der Waals surface area contributed by atoms with E-state index in [0.29, 0.717) is 49.8 Å². The SMILES string of the molecule is CCCCCC(=O)OCC(CON=C1CN(c2ncc(-c3cccc(CO)c3F)cn2)C1)COC1CCCCO1. The molecule has 0 spiro atoms. The monoisotopic (exact) mass is 558 g/mol. The largest absolute Gasteiger partial charge is 0.465 e. The van der Waals surface area contributed by atoms with Crippen molar-refractivity contribution in [3.8, 4) is 11.1 Å². The third-order valence-electron chi connectivity index (χ3n) is 6.85. The maximum absolute atomic E-state index is 14.5. The normalized spacial score (nSPS) is 17.7. The molecule has 4 rings (SSSR count). The summed E-state index contributed by atoms with van der Waals surface area (Å²) < 4.78 is 31.6. The fourth-order valence-corrected chi connectivity index (χ4v) is 4.41. The first-order chi connectivity index (χ1) is 19.6. The summed E-state index contributed by atoms with van der Waals surface area (Å²) in [5.74, 6) is -0.335. The number of nitrogens with zero attached hydrogens (tertiary/aromatic N) is 4. The number of aliphatic hydroxyl groups excluding tert-OH is 1. The Balaban J connectivity index is 1.24. The Morgan fingerprint density at radius 2 is 2.02 bits per heavy atom. The van der Waals surface area contributed by atoms with Crippen molar-refractivity contribution < 1.29 is 33.3 Å². The zero-order chi connectivity index (χ0) is 28.2. The minimum absolute atomic E-state index is 0.165. The number of benzene rings is 1. The van der Waals surface area contributed by atoms with Gasteiger partial charge >= 0.3 is 5.97 Å². The number of ether oxygens (including phenoxy) is 3. The van der Waals surface area contributed by atoms with E-state index in [2.05, 4.69) is 22.0 Å². The number of carbonyl (C=O) groups excluding carboxylic acids is 1. The number of carbonyl (C=O) groups is 1. The van der Waals surface area contributed by atoms with E-state index in [-0.39, 0.29) is 43.6 Å². The number of oxime groups is 1. The Labute approximate surface area is 234 Å². The van der Waals surface area contributed by atoms with Gasteiger partial charge in [-0.15, -0.1) is 0 Å². The van der Waals surface area contributed by atoms with E-state index in [9.17, 15) is 14.3 Å². The van der Waals surface area contributed by atoms with Crippen molar-refractivity contribution in [1.29, 1.82) is 0 Å². The first-order valence-electron chi connectivity index (χ1n) is 14.1. The lowest BCUT2D eigenvalue weighted by molar-refractivity contribution is -0.176. The van der Waals surface area contributed by atoms with Gasteiger partial charge in [0, 0.05) is 42.1 Å². The highest BCUT2D eigenvalue weighted by molar-refractivity contribution is 5.98. The number of anilines is 1. The van der Waals surface area contributed by atoms with Crippen molar-refractivity contribution in [2.24, 2.45) is 11.1 Å². The molecule has 40 heavy (non-hydrogen) atoms. The molecule has 0 bridgehead atoms. The van der Waals surface area contributed by atoms with Crippen LogP contribution in [0.4, 0.5) is 10.3 Å². The van der Waals surface area contributed by atoms with Gasteiger partial charge in [0.25, 0.3) is 0 Å². The summed E-state index contributed by atoms with van der Waals surface area (Å²) in [6, 6.07) is 4.86. The Kier molecular flexibility index (Phi) is 11.6. The molecule has 2 aliphatic rings. The topological polar surface area (TPSA) is 116 Å². The molecule has 0 saturated carbocycles. The summed E-state index contributed by atoms with van der Waals surface area (Å²) >= 11 is 0. The molecule has 2 aliphatic heterocycles. The van der Waals surface area contributed by atoms with E-state index in [1.54, 1.807) is 30.6 Å². The average molecular weight is 559 g/mol. The summed E-state index contributed by atoms with van der Waals surface area (Å²) in [6.07, 6.45) is 9.17. The van der Waals surface area contributed by atoms with Gasteiger partial charge in [0.1, 0.15) is 12.4 Å². The van der Waals surface area contributed by atoms with E-state index in [1.807, 2.05) is 4.90 Å². The number of halogens is 1. The summed E-state index contributed by atoms with van der Waals surface area (Å²) in [7, 11) is 0. The van der Waals surface area contributed by atoms with Crippen LogP contribution in [0.25, 0.3) is 11.1 Å². The van der Waals surface area contributed by atoms with Crippen LogP contribution in [-0.2, 0) is 30.4 Å². The highest BCUT2D eigenvalue weighted by Gasteiger charge is 2.26. The van der Waals surface area contributed by atoms with Crippen LogP contribution in [0.3, 0.4) is 0 Å². The first kappa shape index (κ1) is 29.8. The molecule has 1 aromatic carbocycles. The number of hydrogen-bond acceptors (Lipinski definition) is 10. The molecule has 0 radical (unpaired) electrons. The van der Waals surface area contributed by atoms with Gasteiger partial charge in [-0.05, 0) is 25.7 Å². The number of aromatic nitrogens is 2. The third kappa shape index (κ3) is 8.67. The molecular weight excluding hydrogens is 519 g/mol. The van der Waals surface area contributed by atoms with Crippen LogP contribution in [0, 0.1) is 11.7 Å². The Morgan fingerprint density at radius 3 is 2.75 bits per heavy atom. The smallest absolute Gasteiger partial charge is 0.305 e. The standard InChI is InChI=1S/C29H39FN4O6/c1-2-3-4-10-26(36)38-18-21(19-39-27-11-5-6-12-37-27)20-40-33-24-15-34(16-24)29-31-13-23(14-32-29)25-9-7-8-22(17-35)28(25)30/h7-9,13-14,21,27,35H,2-6,10-12,15-20H2,1H3. The van der Waals surface area contributed by atoms with E-state index in [1.165, 1.54) is 0 Å². The van der Waals surface area contributed by atoms with Crippen molar-refractivity contribution >= 4 is 17.6 Å². The Morgan fingerprint density at radius 1 is 1.20 bits per heavy atom. The van der Waals surface area contributed by atoms with Crippen LogP contribution >= 0.6 is 0 Å². The van der Waals surface area contributed by atoms with Crippen molar-refractivity contribution in [2.75, 3.05) is 44.4 Å². The van der Waals surface area contributed by atoms with Crippen LogP contribution in [-0.4, -0.2) is 72.6 Å². The highest BCUT2D eigenvalue weighted by Crippen LogP contribution is 2.25. The summed E-state index contributed by atoms with van der Waals surface area (Å²) in [5, 5.41) is 13.5.